The molecule has 0 spiro atoms. The highest BCUT2D eigenvalue weighted by Gasteiger charge is 2.40. The van der Waals surface area contributed by atoms with E-state index >= 15 is 0 Å². The number of hydrogen-bond donors (Lipinski definition) is 3. The SMILES string of the molecule is O=C(NC1CC2CCC1C2)c1cc(Oc2c(Cl)cc(-c3nn[nH]n3)c3c2CCC3)ccc1O. The lowest BCUT2D eigenvalue weighted by Crippen LogP contribution is -2.38. The summed E-state index contributed by atoms with van der Waals surface area (Å²) in [5.41, 5.74) is 3.18. The van der Waals surface area contributed by atoms with Gasteiger partial charge in [-0.2, -0.15) is 5.21 Å². The molecule has 0 radical (unpaired) electrons. The number of fused-ring (bicyclic) bond motifs is 3. The Labute approximate surface area is 195 Å². The van der Waals surface area contributed by atoms with Gasteiger partial charge in [0, 0.05) is 17.2 Å². The van der Waals surface area contributed by atoms with E-state index in [0.717, 1.165) is 48.3 Å². The fourth-order valence-corrected chi connectivity index (χ4v) is 6.11. The molecule has 33 heavy (non-hydrogen) atoms. The van der Waals surface area contributed by atoms with E-state index in [2.05, 4.69) is 25.9 Å². The average Bonchev–Trinajstić information content (AvgIpc) is 3.61. The lowest BCUT2D eigenvalue weighted by atomic mass is 9.95. The Bertz CT molecular complexity index is 1230. The fourth-order valence-electron chi connectivity index (χ4n) is 5.85. The predicted molar refractivity (Wildman–Crippen MR) is 122 cm³/mol. The molecule has 3 aromatic rings. The minimum atomic E-state index is -0.265. The summed E-state index contributed by atoms with van der Waals surface area (Å²) in [5, 5.41) is 28.3. The van der Waals surface area contributed by atoms with Gasteiger partial charge in [0.2, 0.25) is 5.82 Å². The van der Waals surface area contributed by atoms with Crippen LogP contribution < -0.4 is 10.1 Å². The van der Waals surface area contributed by atoms with Crippen LogP contribution in [-0.4, -0.2) is 37.7 Å². The van der Waals surface area contributed by atoms with Crippen molar-refractivity contribution in [2.24, 2.45) is 11.8 Å². The van der Waals surface area contributed by atoms with Crippen LogP contribution in [0.3, 0.4) is 0 Å². The molecule has 2 saturated carbocycles. The normalized spacial score (nSPS) is 23.0. The summed E-state index contributed by atoms with van der Waals surface area (Å²) in [4.78, 5) is 13.0. The quantitative estimate of drug-likeness (QED) is 0.514. The van der Waals surface area contributed by atoms with Crippen molar-refractivity contribution >= 4 is 17.5 Å². The number of aromatic amines is 1. The molecule has 3 atom stereocenters. The summed E-state index contributed by atoms with van der Waals surface area (Å²) in [5.74, 6) is 2.48. The van der Waals surface area contributed by atoms with Crippen molar-refractivity contribution in [3.05, 3.63) is 46.0 Å². The molecule has 3 unspecified atom stereocenters. The summed E-state index contributed by atoms with van der Waals surface area (Å²) in [7, 11) is 0. The van der Waals surface area contributed by atoms with Crippen LogP contribution in [-0.2, 0) is 12.8 Å². The van der Waals surface area contributed by atoms with Crippen molar-refractivity contribution in [1.82, 2.24) is 25.9 Å². The van der Waals surface area contributed by atoms with Crippen LogP contribution in [0, 0.1) is 11.8 Å². The number of nitrogens with one attached hydrogen (secondary N) is 2. The van der Waals surface area contributed by atoms with Crippen LogP contribution >= 0.6 is 11.6 Å². The minimum Gasteiger partial charge on any atom is -0.507 e. The van der Waals surface area contributed by atoms with Gasteiger partial charge in [0.05, 0.1) is 10.6 Å². The van der Waals surface area contributed by atoms with Gasteiger partial charge in [-0.05, 0) is 85.4 Å². The van der Waals surface area contributed by atoms with E-state index in [9.17, 15) is 9.90 Å². The first-order valence-electron chi connectivity index (χ1n) is 11.5. The molecule has 1 aromatic heterocycles. The largest absolute Gasteiger partial charge is 0.507 e. The van der Waals surface area contributed by atoms with Crippen molar-refractivity contribution in [1.29, 1.82) is 0 Å². The highest BCUT2D eigenvalue weighted by Crippen LogP contribution is 2.45. The van der Waals surface area contributed by atoms with E-state index in [1.165, 1.54) is 25.3 Å². The van der Waals surface area contributed by atoms with Crippen LogP contribution in [0.5, 0.6) is 17.2 Å². The topological polar surface area (TPSA) is 113 Å². The summed E-state index contributed by atoms with van der Waals surface area (Å²) in [6, 6.07) is 6.72. The molecule has 0 saturated heterocycles. The Morgan fingerprint density at radius 3 is 2.82 bits per heavy atom. The Hall–Kier alpha value is -3.13. The summed E-state index contributed by atoms with van der Waals surface area (Å²) in [6.07, 6.45) is 7.34. The van der Waals surface area contributed by atoms with E-state index < -0.39 is 0 Å². The lowest BCUT2D eigenvalue weighted by molar-refractivity contribution is 0.0920. The molecule has 6 rings (SSSR count). The molecule has 170 valence electrons. The first-order chi connectivity index (χ1) is 16.1. The fraction of sp³-hybridized carbons (Fsp3) is 0.417. The Balaban J connectivity index is 1.28. The molecular formula is C24H24ClN5O3. The molecule has 3 aliphatic carbocycles. The second-order valence-corrected chi connectivity index (χ2v) is 9.72. The first-order valence-corrected chi connectivity index (χ1v) is 11.8. The van der Waals surface area contributed by atoms with Crippen molar-refractivity contribution in [3.8, 4) is 28.6 Å². The number of carbonyl (C=O) groups is 1. The third-order valence-corrected chi connectivity index (χ3v) is 7.66. The number of benzene rings is 2. The van der Waals surface area contributed by atoms with Crippen molar-refractivity contribution in [2.45, 2.75) is 51.0 Å². The molecule has 8 nitrogen and oxygen atoms in total. The van der Waals surface area contributed by atoms with Gasteiger partial charge in [-0.15, -0.1) is 10.2 Å². The van der Waals surface area contributed by atoms with Gasteiger partial charge in [-0.1, -0.05) is 18.0 Å². The number of carbonyl (C=O) groups excluding carboxylic acids is 1. The van der Waals surface area contributed by atoms with Gasteiger partial charge >= 0.3 is 0 Å². The van der Waals surface area contributed by atoms with Crippen LogP contribution in [0.2, 0.25) is 5.02 Å². The molecular weight excluding hydrogens is 442 g/mol. The van der Waals surface area contributed by atoms with Crippen LogP contribution in [0.4, 0.5) is 0 Å². The molecule has 9 heteroatoms. The van der Waals surface area contributed by atoms with Gasteiger partial charge in [0.15, 0.2) is 0 Å². The molecule has 3 N–H and O–H groups in total. The monoisotopic (exact) mass is 465 g/mol. The number of nitrogens with zero attached hydrogens (tertiary/aromatic N) is 3. The van der Waals surface area contributed by atoms with Crippen molar-refractivity contribution < 1.29 is 14.6 Å². The zero-order valence-electron chi connectivity index (χ0n) is 18.0. The van der Waals surface area contributed by atoms with Crippen LogP contribution in [0.15, 0.2) is 24.3 Å². The Morgan fingerprint density at radius 1 is 1.18 bits per heavy atom. The van der Waals surface area contributed by atoms with Crippen LogP contribution in [0.25, 0.3) is 11.4 Å². The van der Waals surface area contributed by atoms with Gasteiger partial charge in [-0.3, -0.25) is 4.79 Å². The number of aromatic nitrogens is 4. The third kappa shape index (κ3) is 3.62. The minimum absolute atomic E-state index is 0.0632. The van der Waals surface area contributed by atoms with Gasteiger partial charge in [0.25, 0.3) is 5.91 Å². The maximum atomic E-state index is 13.0. The first kappa shape index (κ1) is 20.5. The maximum Gasteiger partial charge on any atom is 0.255 e. The molecule has 0 aliphatic heterocycles. The molecule has 2 aromatic carbocycles. The zero-order valence-corrected chi connectivity index (χ0v) is 18.7. The Morgan fingerprint density at radius 2 is 2.06 bits per heavy atom. The standard InChI is InChI=1S/C24H24ClN5O3/c25-19-11-17(23-27-29-30-28-23)15-2-1-3-16(15)22(19)33-14-6-7-21(31)18(10-14)24(32)26-20-9-12-4-5-13(20)8-12/h6-7,10-13,20,31H,1-5,8-9H2,(H,26,32)(H,27,28,29,30). The van der Waals surface area contributed by atoms with Gasteiger partial charge < -0.3 is 15.2 Å². The van der Waals surface area contributed by atoms with Crippen LogP contribution in [0.1, 0.15) is 53.6 Å². The molecule has 2 bridgehead atoms. The van der Waals surface area contributed by atoms with E-state index in [1.807, 2.05) is 0 Å². The molecule has 3 aliphatic rings. The van der Waals surface area contributed by atoms with Crippen molar-refractivity contribution in [3.63, 3.8) is 0 Å². The maximum absolute atomic E-state index is 13.0. The number of phenols is 1. The summed E-state index contributed by atoms with van der Waals surface area (Å²) < 4.78 is 6.20. The highest BCUT2D eigenvalue weighted by atomic mass is 35.5. The molecule has 2 fully saturated rings. The van der Waals surface area contributed by atoms with E-state index in [0.29, 0.717) is 28.3 Å². The zero-order chi connectivity index (χ0) is 22.5. The number of rotatable bonds is 5. The number of halogens is 1. The van der Waals surface area contributed by atoms with Crippen molar-refractivity contribution in [2.75, 3.05) is 0 Å². The second kappa shape index (κ2) is 8.02. The average molecular weight is 466 g/mol. The highest BCUT2D eigenvalue weighted by molar-refractivity contribution is 6.32. The summed E-state index contributed by atoms with van der Waals surface area (Å²) in [6.45, 7) is 0. The number of aromatic hydroxyl groups is 1. The van der Waals surface area contributed by atoms with E-state index in [4.69, 9.17) is 16.3 Å². The summed E-state index contributed by atoms with van der Waals surface area (Å²) >= 11 is 6.62. The smallest absolute Gasteiger partial charge is 0.255 e. The number of hydrogen-bond acceptors (Lipinski definition) is 6. The number of H-pyrrole nitrogens is 1. The van der Waals surface area contributed by atoms with Gasteiger partial charge in [0.1, 0.15) is 17.2 Å². The number of tetrazole rings is 1. The second-order valence-electron chi connectivity index (χ2n) is 9.32. The Kier molecular flexibility index (Phi) is 4.98. The van der Waals surface area contributed by atoms with E-state index in [-0.39, 0.29) is 23.3 Å². The third-order valence-electron chi connectivity index (χ3n) is 7.38. The number of phenolic OH excluding ortho intramolecular Hbond substituents is 1. The number of ether oxygens (including phenoxy) is 1. The molecule has 1 heterocycles. The van der Waals surface area contributed by atoms with E-state index in [1.54, 1.807) is 18.2 Å². The van der Waals surface area contributed by atoms with Gasteiger partial charge in [-0.25, -0.2) is 0 Å². The molecule has 1 amide bonds. The number of amides is 1. The lowest BCUT2D eigenvalue weighted by Gasteiger charge is -2.23. The predicted octanol–water partition coefficient (Wildman–Crippen LogP) is 4.43.